The first-order valence-electron chi connectivity index (χ1n) is 9.36. The Morgan fingerprint density at radius 1 is 1.18 bits per heavy atom. The number of rotatable bonds is 6. The molecule has 0 spiro atoms. The molecule has 0 bridgehead atoms. The van der Waals surface area contributed by atoms with Crippen LogP contribution in [0.15, 0.2) is 59.6 Å². The number of hydrogen-bond donors (Lipinski definition) is 4. The van der Waals surface area contributed by atoms with E-state index < -0.39 is 15.9 Å². The van der Waals surface area contributed by atoms with Crippen LogP contribution < -0.4 is 10.5 Å². The lowest BCUT2D eigenvalue weighted by atomic mass is 10.0. The number of carbonyl (C=O) groups excluding carboxylic acids is 1. The number of nitrogens with zero attached hydrogens (tertiary/aromatic N) is 4. The summed E-state index contributed by atoms with van der Waals surface area (Å²) in [5.41, 5.74) is 3.02. The van der Waals surface area contributed by atoms with Crippen LogP contribution in [-0.2, 0) is 23.5 Å². The van der Waals surface area contributed by atoms with Crippen molar-refractivity contribution in [2.45, 2.75) is 11.3 Å². The SMILES string of the molecule is Cl.Cn1cc(Cc2ccc(-c3cc(C(=O)Nc4ccc(S(N)(=O)=O)cc4)[nH]n3)c(O)c2)nn1. The Labute approximate surface area is 195 Å². The second-order valence-electron chi connectivity index (χ2n) is 7.10. The highest BCUT2D eigenvalue weighted by atomic mass is 35.5. The van der Waals surface area contributed by atoms with Gasteiger partial charge in [0.05, 0.1) is 16.3 Å². The van der Waals surface area contributed by atoms with E-state index in [2.05, 4.69) is 25.8 Å². The number of nitrogens with one attached hydrogen (secondary N) is 2. The van der Waals surface area contributed by atoms with Crippen LogP contribution in [-0.4, -0.2) is 44.6 Å². The number of halogens is 1. The van der Waals surface area contributed by atoms with Crippen LogP contribution >= 0.6 is 12.4 Å². The van der Waals surface area contributed by atoms with Crippen LogP contribution in [0.4, 0.5) is 5.69 Å². The second-order valence-corrected chi connectivity index (χ2v) is 8.66. The van der Waals surface area contributed by atoms with E-state index in [4.69, 9.17) is 5.14 Å². The lowest BCUT2D eigenvalue weighted by Gasteiger charge is -2.05. The summed E-state index contributed by atoms with van der Waals surface area (Å²) >= 11 is 0. The molecule has 172 valence electrons. The number of H-pyrrole nitrogens is 1. The number of aryl methyl sites for hydroxylation is 1. The van der Waals surface area contributed by atoms with E-state index in [1.165, 1.54) is 30.3 Å². The minimum absolute atomic E-state index is 0. The van der Waals surface area contributed by atoms with E-state index in [1.54, 1.807) is 30.1 Å². The number of hydrogen-bond acceptors (Lipinski definition) is 7. The zero-order chi connectivity index (χ0) is 22.9. The highest BCUT2D eigenvalue weighted by Gasteiger charge is 2.15. The molecular weight excluding hydrogens is 470 g/mol. The quantitative estimate of drug-likeness (QED) is 0.320. The van der Waals surface area contributed by atoms with Gasteiger partial charge in [0.1, 0.15) is 11.4 Å². The standard InChI is InChI=1S/C20H19N7O4S.ClH/c1-27-11-14(23-26-27)8-12-2-7-16(19(28)9-12)17-10-18(25-24-17)20(29)22-13-3-5-15(6-4-13)32(21,30)31;/h2-7,9-11,28H,8H2,1H3,(H,22,29)(H,24,25)(H2,21,30,31);1H. The summed E-state index contributed by atoms with van der Waals surface area (Å²) in [4.78, 5) is 12.4. The summed E-state index contributed by atoms with van der Waals surface area (Å²) in [5.74, 6) is -0.464. The molecule has 0 radical (unpaired) electrons. The first-order chi connectivity index (χ1) is 15.2. The minimum Gasteiger partial charge on any atom is -0.507 e. The highest BCUT2D eigenvalue weighted by Crippen LogP contribution is 2.29. The summed E-state index contributed by atoms with van der Waals surface area (Å²) in [5, 5.41) is 32.8. The zero-order valence-corrected chi connectivity index (χ0v) is 18.9. The highest BCUT2D eigenvalue weighted by molar-refractivity contribution is 7.89. The summed E-state index contributed by atoms with van der Waals surface area (Å²) < 4.78 is 24.2. The van der Waals surface area contributed by atoms with Crippen molar-refractivity contribution >= 4 is 34.0 Å². The molecule has 2 aromatic heterocycles. The third-order valence-electron chi connectivity index (χ3n) is 4.64. The van der Waals surface area contributed by atoms with Crippen molar-refractivity contribution in [2.75, 3.05) is 5.32 Å². The molecule has 0 fully saturated rings. The van der Waals surface area contributed by atoms with E-state index in [0.29, 0.717) is 23.4 Å². The molecule has 5 N–H and O–H groups in total. The van der Waals surface area contributed by atoms with Gasteiger partial charge in [0, 0.05) is 30.9 Å². The van der Waals surface area contributed by atoms with Crippen LogP contribution in [0.2, 0.25) is 0 Å². The minimum atomic E-state index is -3.81. The monoisotopic (exact) mass is 489 g/mol. The molecule has 0 unspecified atom stereocenters. The third kappa shape index (κ3) is 5.55. The fourth-order valence-electron chi connectivity index (χ4n) is 3.09. The number of benzene rings is 2. The fraction of sp³-hybridized carbons (Fsp3) is 0.100. The number of aromatic nitrogens is 5. The van der Waals surface area contributed by atoms with Gasteiger partial charge in [0.2, 0.25) is 10.0 Å². The van der Waals surface area contributed by atoms with Crippen molar-refractivity contribution in [3.8, 4) is 17.0 Å². The summed E-state index contributed by atoms with van der Waals surface area (Å²) in [6, 6.07) is 12.1. The molecule has 2 aromatic carbocycles. The number of anilines is 1. The molecule has 1 amide bonds. The topological polar surface area (TPSA) is 169 Å². The number of aromatic amines is 1. The summed E-state index contributed by atoms with van der Waals surface area (Å²) in [7, 11) is -2.03. The molecule has 13 heteroatoms. The van der Waals surface area contributed by atoms with Crippen LogP contribution in [0, 0.1) is 0 Å². The lowest BCUT2D eigenvalue weighted by molar-refractivity contribution is 0.102. The van der Waals surface area contributed by atoms with Crippen LogP contribution in [0.25, 0.3) is 11.3 Å². The van der Waals surface area contributed by atoms with Gasteiger partial charge in [-0.15, -0.1) is 17.5 Å². The maximum absolute atomic E-state index is 12.5. The van der Waals surface area contributed by atoms with Crippen molar-refractivity contribution in [1.82, 2.24) is 25.2 Å². The van der Waals surface area contributed by atoms with Crippen LogP contribution in [0.1, 0.15) is 21.7 Å². The largest absolute Gasteiger partial charge is 0.507 e. The van der Waals surface area contributed by atoms with E-state index >= 15 is 0 Å². The van der Waals surface area contributed by atoms with Crippen molar-refractivity contribution in [3.05, 3.63) is 71.7 Å². The van der Waals surface area contributed by atoms with E-state index in [0.717, 1.165) is 11.3 Å². The molecule has 0 saturated carbocycles. The zero-order valence-electron chi connectivity index (χ0n) is 17.3. The first-order valence-corrected chi connectivity index (χ1v) is 10.9. The van der Waals surface area contributed by atoms with Gasteiger partial charge in [-0.25, -0.2) is 13.6 Å². The Morgan fingerprint density at radius 3 is 2.52 bits per heavy atom. The maximum Gasteiger partial charge on any atom is 0.273 e. The van der Waals surface area contributed by atoms with E-state index in [9.17, 15) is 18.3 Å². The predicted octanol–water partition coefficient (Wildman–Crippen LogP) is 1.82. The average molecular weight is 490 g/mol. The van der Waals surface area contributed by atoms with Gasteiger partial charge in [0.15, 0.2) is 0 Å². The lowest BCUT2D eigenvalue weighted by Crippen LogP contribution is -2.14. The first kappa shape index (κ1) is 23.9. The number of phenols is 1. The molecular formula is C20H20ClN7O4S. The fourth-order valence-corrected chi connectivity index (χ4v) is 3.61. The van der Waals surface area contributed by atoms with E-state index in [1.807, 2.05) is 6.07 Å². The number of aromatic hydroxyl groups is 1. The van der Waals surface area contributed by atoms with Gasteiger partial charge in [-0.3, -0.25) is 14.6 Å². The number of nitrogens with two attached hydrogens (primary N) is 1. The number of amides is 1. The Bertz CT molecular complexity index is 1400. The van der Waals surface area contributed by atoms with E-state index in [-0.39, 0.29) is 28.7 Å². The van der Waals surface area contributed by atoms with Gasteiger partial charge in [-0.05, 0) is 48.0 Å². The Balaban J connectivity index is 0.00000306. The average Bonchev–Trinajstić information content (AvgIpc) is 3.37. The smallest absolute Gasteiger partial charge is 0.273 e. The van der Waals surface area contributed by atoms with Crippen molar-refractivity contribution in [2.24, 2.45) is 12.2 Å². The van der Waals surface area contributed by atoms with Crippen LogP contribution in [0.3, 0.4) is 0 Å². The van der Waals surface area contributed by atoms with Gasteiger partial charge >= 0.3 is 0 Å². The molecule has 0 aliphatic carbocycles. The summed E-state index contributed by atoms with van der Waals surface area (Å²) in [6.45, 7) is 0. The predicted molar refractivity (Wildman–Crippen MR) is 123 cm³/mol. The van der Waals surface area contributed by atoms with Gasteiger partial charge in [0.25, 0.3) is 5.91 Å². The number of sulfonamides is 1. The van der Waals surface area contributed by atoms with Gasteiger partial charge in [-0.2, -0.15) is 5.10 Å². The van der Waals surface area contributed by atoms with Crippen LogP contribution in [0.5, 0.6) is 5.75 Å². The summed E-state index contributed by atoms with van der Waals surface area (Å²) in [6.07, 6.45) is 2.31. The molecule has 0 aliphatic heterocycles. The van der Waals surface area contributed by atoms with Crippen molar-refractivity contribution in [1.29, 1.82) is 0 Å². The Kier molecular flexibility index (Phi) is 6.81. The number of carbonyl (C=O) groups is 1. The second kappa shape index (κ2) is 9.40. The third-order valence-corrected chi connectivity index (χ3v) is 5.57. The molecule has 0 aliphatic rings. The molecule has 11 nitrogen and oxygen atoms in total. The number of primary sulfonamides is 1. The maximum atomic E-state index is 12.5. The Hall–Kier alpha value is -3.74. The molecule has 0 atom stereocenters. The Morgan fingerprint density at radius 2 is 1.91 bits per heavy atom. The molecule has 4 rings (SSSR count). The van der Waals surface area contributed by atoms with Crippen molar-refractivity contribution in [3.63, 3.8) is 0 Å². The number of phenolic OH excluding ortho intramolecular Hbond substituents is 1. The molecule has 0 saturated heterocycles. The molecule has 33 heavy (non-hydrogen) atoms. The molecule has 2 heterocycles. The van der Waals surface area contributed by atoms with Gasteiger partial charge in [-0.1, -0.05) is 11.3 Å². The van der Waals surface area contributed by atoms with Crippen molar-refractivity contribution < 1.29 is 18.3 Å². The van der Waals surface area contributed by atoms with Gasteiger partial charge < -0.3 is 10.4 Å². The normalized spacial score (nSPS) is 11.1. The molecule has 4 aromatic rings.